The molecule has 3 rings (SSSR count). The van der Waals surface area contributed by atoms with Gasteiger partial charge in [0.25, 0.3) is 0 Å². The van der Waals surface area contributed by atoms with Crippen LogP contribution in [0.2, 0.25) is 0 Å². The predicted molar refractivity (Wildman–Crippen MR) is 67.9 cm³/mol. The monoisotopic (exact) mass is 231 g/mol. The Labute approximate surface area is 103 Å². The van der Waals surface area contributed by atoms with Gasteiger partial charge in [-0.2, -0.15) is 0 Å². The summed E-state index contributed by atoms with van der Waals surface area (Å²) in [7, 11) is 0. The number of hydrogen-bond donors (Lipinski definition) is 1. The summed E-state index contributed by atoms with van der Waals surface area (Å²) in [5.74, 6) is 1.07. The Morgan fingerprint density at radius 3 is 2.94 bits per heavy atom. The lowest BCUT2D eigenvalue weighted by Crippen LogP contribution is -2.28. The summed E-state index contributed by atoms with van der Waals surface area (Å²) in [6, 6.07) is 4.18. The standard InChI is InChI=1S/C15H21NO/c17-14(10-11-4-1-5-11)13-8-2-6-12-7-3-9-16-15(12)13/h3,7,9,11,13-14,17H,1-2,4-6,8,10H2. The zero-order chi connectivity index (χ0) is 11.7. The molecule has 0 amide bonds. The van der Waals surface area contributed by atoms with Gasteiger partial charge in [0.2, 0.25) is 0 Å². The molecule has 1 aromatic heterocycles. The van der Waals surface area contributed by atoms with Gasteiger partial charge >= 0.3 is 0 Å². The van der Waals surface area contributed by atoms with E-state index in [4.69, 9.17) is 0 Å². The van der Waals surface area contributed by atoms with Gasteiger partial charge in [0.15, 0.2) is 0 Å². The number of nitrogens with zero attached hydrogens (tertiary/aromatic N) is 1. The highest BCUT2D eigenvalue weighted by Crippen LogP contribution is 2.38. The molecule has 1 aromatic rings. The van der Waals surface area contributed by atoms with Crippen molar-refractivity contribution >= 4 is 0 Å². The van der Waals surface area contributed by atoms with Gasteiger partial charge in [0.05, 0.1) is 6.10 Å². The first-order chi connectivity index (χ1) is 8.34. The molecule has 2 heteroatoms. The van der Waals surface area contributed by atoms with Crippen LogP contribution in [0, 0.1) is 5.92 Å². The third kappa shape index (κ3) is 2.23. The van der Waals surface area contributed by atoms with Crippen LogP contribution in [0.3, 0.4) is 0 Å². The number of aryl methyl sites for hydroxylation is 1. The van der Waals surface area contributed by atoms with Crippen LogP contribution in [-0.2, 0) is 6.42 Å². The minimum atomic E-state index is -0.172. The summed E-state index contributed by atoms with van der Waals surface area (Å²) >= 11 is 0. The molecule has 0 spiro atoms. The normalized spacial score (nSPS) is 26.1. The molecule has 1 heterocycles. The average molecular weight is 231 g/mol. The molecule has 1 saturated carbocycles. The Bertz CT molecular complexity index is 386. The van der Waals surface area contributed by atoms with Crippen molar-refractivity contribution in [3.05, 3.63) is 29.6 Å². The van der Waals surface area contributed by atoms with Crippen LogP contribution < -0.4 is 0 Å². The highest BCUT2D eigenvalue weighted by atomic mass is 16.3. The van der Waals surface area contributed by atoms with E-state index in [-0.39, 0.29) is 6.10 Å². The molecule has 1 N–H and O–H groups in total. The summed E-state index contributed by atoms with van der Waals surface area (Å²) < 4.78 is 0. The molecule has 17 heavy (non-hydrogen) atoms. The summed E-state index contributed by atoms with van der Waals surface area (Å²) in [6.07, 6.45) is 10.1. The van der Waals surface area contributed by atoms with Gasteiger partial charge in [-0.25, -0.2) is 0 Å². The second kappa shape index (κ2) is 4.77. The van der Waals surface area contributed by atoms with Crippen LogP contribution in [0.25, 0.3) is 0 Å². The second-order valence-electron chi connectivity index (χ2n) is 5.65. The summed E-state index contributed by atoms with van der Waals surface area (Å²) in [4.78, 5) is 4.51. The zero-order valence-electron chi connectivity index (χ0n) is 10.3. The largest absolute Gasteiger partial charge is 0.392 e. The third-order valence-electron chi connectivity index (χ3n) is 4.50. The quantitative estimate of drug-likeness (QED) is 0.867. The molecule has 0 saturated heterocycles. The van der Waals surface area contributed by atoms with E-state index >= 15 is 0 Å². The van der Waals surface area contributed by atoms with Gasteiger partial charge in [-0.3, -0.25) is 4.98 Å². The van der Waals surface area contributed by atoms with Crippen molar-refractivity contribution in [1.82, 2.24) is 4.98 Å². The Morgan fingerprint density at radius 2 is 2.18 bits per heavy atom. The van der Waals surface area contributed by atoms with E-state index in [1.54, 1.807) is 0 Å². The molecule has 0 aliphatic heterocycles. The van der Waals surface area contributed by atoms with Crippen LogP contribution in [0.1, 0.15) is 55.7 Å². The lowest BCUT2D eigenvalue weighted by Gasteiger charge is -2.33. The summed E-state index contributed by atoms with van der Waals surface area (Å²) in [6.45, 7) is 0. The molecule has 0 radical (unpaired) electrons. The van der Waals surface area contributed by atoms with Crippen LogP contribution in [0.5, 0.6) is 0 Å². The van der Waals surface area contributed by atoms with Crippen molar-refractivity contribution in [3.8, 4) is 0 Å². The van der Waals surface area contributed by atoms with Crippen molar-refractivity contribution in [2.75, 3.05) is 0 Å². The van der Waals surface area contributed by atoms with Crippen molar-refractivity contribution in [2.45, 2.75) is 57.0 Å². The fourth-order valence-corrected chi connectivity index (χ4v) is 3.25. The van der Waals surface area contributed by atoms with Crippen LogP contribution >= 0.6 is 0 Å². The molecule has 2 aliphatic rings. The van der Waals surface area contributed by atoms with Crippen molar-refractivity contribution in [1.29, 1.82) is 0 Å². The first-order valence-electron chi connectivity index (χ1n) is 6.96. The average Bonchev–Trinajstić information content (AvgIpc) is 2.33. The third-order valence-corrected chi connectivity index (χ3v) is 4.50. The lowest BCUT2D eigenvalue weighted by molar-refractivity contribution is 0.0858. The lowest BCUT2D eigenvalue weighted by atomic mass is 9.75. The molecule has 2 atom stereocenters. The van der Waals surface area contributed by atoms with E-state index in [0.29, 0.717) is 5.92 Å². The molecular weight excluding hydrogens is 210 g/mol. The maximum Gasteiger partial charge on any atom is 0.0626 e. The van der Waals surface area contributed by atoms with E-state index < -0.39 is 0 Å². The molecular formula is C15H21NO. The number of aliphatic hydroxyl groups excluding tert-OH is 1. The Kier molecular flexibility index (Phi) is 3.15. The minimum absolute atomic E-state index is 0.172. The number of aliphatic hydroxyl groups is 1. The van der Waals surface area contributed by atoms with Crippen LogP contribution in [-0.4, -0.2) is 16.2 Å². The maximum absolute atomic E-state index is 10.4. The SMILES string of the molecule is OC(CC1CCC1)C1CCCc2cccnc21. The maximum atomic E-state index is 10.4. The number of fused-ring (bicyclic) bond motifs is 1. The van der Waals surface area contributed by atoms with Crippen LogP contribution in [0.4, 0.5) is 0 Å². The topological polar surface area (TPSA) is 33.1 Å². The molecule has 0 aromatic carbocycles. The molecule has 1 fully saturated rings. The van der Waals surface area contributed by atoms with Gasteiger partial charge in [-0.15, -0.1) is 0 Å². The Balaban J connectivity index is 1.74. The highest BCUT2D eigenvalue weighted by molar-refractivity contribution is 5.26. The van der Waals surface area contributed by atoms with Gasteiger partial charge < -0.3 is 5.11 Å². The minimum Gasteiger partial charge on any atom is -0.392 e. The number of pyridine rings is 1. The van der Waals surface area contributed by atoms with E-state index in [2.05, 4.69) is 11.1 Å². The smallest absolute Gasteiger partial charge is 0.0626 e. The van der Waals surface area contributed by atoms with Crippen molar-refractivity contribution < 1.29 is 5.11 Å². The van der Waals surface area contributed by atoms with Crippen LogP contribution in [0.15, 0.2) is 18.3 Å². The second-order valence-corrected chi connectivity index (χ2v) is 5.65. The predicted octanol–water partition coefficient (Wildman–Crippen LogP) is 3.05. The molecule has 92 valence electrons. The fraction of sp³-hybridized carbons (Fsp3) is 0.667. The van der Waals surface area contributed by atoms with Crippen molar-refractivity contribution in [2.24, 2.45) is 5.92 Å². The summed E-state index contributed by atoms with van der Waals surface area (Å²) in [5, 5.41) is 10.4. The highest BCUT2D eigenvalue weighted by Gasteiger charge is 2.30. The molecule has 2 aliphatic carbocycles. The van der Waals surface area contributed by atoms with E-state index in [9.17, 15) is 5.11 Å². The fourth-order valence-electron chi connectivity index (χ4n) is 3.25. The van der Waals surface area contributed by atoms with Gasteiger partial charge in [-0.1, -0.05) is 25.3 Å². The summed E-state index contributed by atoms with van der Waals surface area (Å²) in [5.41, 5.74) is 2.53. The molecule has 0 bridgehead atoms. The Hall–Kier alpha value is -0.890. The Morgan fingerprint density at radius 1 is 1.29 bits per heavy atom. The number of aromatic nitrogens is 1. The van der Waals surface area contributed by atoms with Gasteiger partial charge in [0, 0.05) is 17.8 Å². The van der Waals surface area contributed by atoms with E-state index in [1.165, 1.54) is 36.9 Å². The molecule has 2 nitrogen and oxygen atoms in total. The van der Waals surface area contributed by atoms with E-state index in [0.717, 1.165) is 25.2 Å². The number of hydrogen-bond acceptors (Lipinski definition) is 2. The van der Waals surface area contributed by atoms with Gasteiger partial charge in [-0.05, 0) is 43.2 Å². The molecule has 2 unspecified atom stereocenters. The first kappa shape index (κ1) is 11.2. The van der Waals surface area contributed by atoms with Gasteiger partial charge in [0.1, 0.15) is 0 Å². The van der Waals surface area contributed by atoms with E-state index in [1.807, 2.05) is 12.3 Å². The van der Waals surface area contributed by atoms with Crippen molar-refractivity contribution in [3.63, 3.8) is 0 Å². The first-order valence-corrected chi connectivity index (χ1v) is 6.96. The number of rotatable bonds is 3. The zero-order valence-corrected chi connectivity index (χ0v) is 10.3.